The average molecular weight is 444 g/mol. The molecule has 0 aliphatic rings. The number of rotatable bonds is 7. The van der Waals surface area contributed by atoms with Gasteiger partial charge in [0.1, 0.15) is 11.9 Å². The lowest BCUT2D eigenvalue weighted by Crippen LogP contribution is -2.43. The van der Waals surface area contributed by atoms with Crippen molar-refractivity contribution in [3.63, 3.8) is 0 Å². The number of carbonyl (C=O) groups excluding carboxylic acids is 2. The van der Waals surface area contributed by atoms with Crippen LogP contribution in [0.2, 0.25) is 0 Å². The van der Waals surface area contributed by atoms with Gasteiger partial charge in [0, 0.05) is 17.5 Å². The Morgan fingerprint density at radius 2 is 1.94 bits per heavy atom. The minimum atomic E-state index is -0.916. The van der Waals surface area contributed by atoms with Crippen LogP contribution in [0.25, 0.3) is 11.1 Å². The quantitative estimate of drug-likeness (QED) is 0.251. The molecule has 0 saturated carbocycles. The first-order chi connectivity index (χ1) is 15.9. The van der Waals surface area contributed by atoms with Crippen LogP contribution in [-0.2, 0) is 16.0 Å². The van der Waals surface area contributed by atoms with Crippen molar-refractivity contribution in [3.8, 4) is 17.2 Å². The molecular weight excluding hydrogens is 423 g/mol. The molecule has 0 heterocycles. The van der Waals surface area contributed by atoms with Crippen LogP contribution in [0.5, 0.6) is 0 Å². The van der Waals surface area contributed by atoms with E-state index in [1.807, 2.05) is 18.2 Å². The maximum atomic E-state index is 13.6. The number of methoxy groups -OCH3 is 1. The van der Waals surface area contributed by atoms with E-state index in [1.165, 1.54) is 31.5 Å². The van der Waals surface area contributed by atoms with Crippen LogP contribution in [0.15, 0.2) is 71.8 Å². The highest BCUT2D eigenvalue weighted by atomic mass is 19.1. The fraction of sp³-hybridized carbons (Fsp3) is 0.120. The van der Waals surface area contributed by atoms with E-state index in [4.69, 9.17) is 10.6 Å². The maximum Gasteiger partial charge on any atom is 0.328 e. The zero-order valence-corrected chi connectivity index (χ0v) is 17.8. The molecule has 1 atom stereocenters. The first kappa shape index (κ1) is 23.2. The van der Waals surface area contributed by atoms with Crippen molar-refractivity contribution < 1.29 is 18.7 Å². The second kappa shape index (κ2) is 10.7. The molecule has 0 aliphatic heterocycles. The van der Waals surface area contributed by atoms with Crippen LogP contribution < -0.4 is 11.2 Å². The number of nitrogens with two attached hydrogens (primary N) is 1. The highest BCUT2D eigenvalue weighted by Gasteiger charge is 2.23. The third-order valence-electron chi connectivity index (χ3n) is 4.97. The molecule has 1 amide bonds. The summed E-state index contributed by atoms with van der Waals surface area (Å²) in [5.41, 5.74) is 3.18. The van der Waals surface area contributed by atoms with Gasteiger partial charge in [-0.15, -0.1) is 0 Å². The number of esters is 1. The van der Waals surface area contributed by atoms with Gasteiger partial charge in [0.05, 0.1) is 25.0 Å². The van der Waals surface area contributed by atoms with Gasteiger partial charge in [-0.1, -0.05) is 36.4 Å². The van der Waals surface area contributed by atoms with Gasteiger partial charge in [-0.05, 0) is 47.0 Å². The fourth-order valence-corrected chi connectivity index (χ4v) is 3.35. The molecule has 0 spiro atoms. The zero-order valence-electron chi connectivity index (χ0n) is 17.8. The number of hydrogen-bond donors (Lipinski definition) is 2. The maximum absolute atomic E-state index is 13.6. The molecule has 3 aromatic carbocycles. The number of halogens is 1. The predicted octanol–water partition coefficient (Wildman–Crippen LogP) is 3.17. The van der Waals surface area contributed by atoms with Gasteiger partial charge in [0.15, 0.2) is 0 Å². The van der Waals surface area contributed by atoms with Crippen molar-refractivity contribution in [2.45, 2.75) is 12.5 Å². The molecular formula is C25H21FN4O3. The van der Waals surface area contributed by atoms with Crippen LogP contribution in [0, 0.1) is 17.1 Å². The predicted molar refractivity (Wildman–Crippen MR) is 122 cm³/mol. The second-order valence-electron chi connectivity index (χ2n) is 7.16. The highest BCUT2D eigenvalue weighted by Crippen LogP contribution is 2.25. The van der Waals surface area contributed by atoms with Crippen molar-refractivity contribution in [2.24, 2.45) is 10.9 Å². The Kier molecular flexibility index (Phi) is 7.50. The van der Waals surface area contributed by atoms with Crippen molar-refractivity contribution in [3.05, 3.63) is 94.8 Å². The number of nitriles is 1. The van der Waals surface area contributed by atoms with Crippen molar-refractivity contribution in [1.29, 1.82) is 5.26 Å². The number of carbonyl (C=O) groups is 2. The van der Waals surface area contributed by atoms with E-state index in [-0.39, 0.29) is 6.42 Å². The van der Waals surface area contributed by atoms with E-state index in [2.05, 4.69) is 10.4 Å². The second-order valence-corrected chi connectivity index (χ2v) is 7.16. The minimum absolute atomic E-state index is 0.206. The molecule has 33 heavy (non-hydrogen) atoms. The summed E-state index contributed by atoms with van der Waals surface area (Å²) >= 11 is 0. The van der Waals surface area contributed by atoms with Crippen LogP contribution >= 0.6 is 0 Å². The molecule has 8 heteroatoms. The van der Waals surface area contributed by atoms with E-state index in [0.717, 1.165) is 11.1 Å². The Hall–Kier alpha value is -4.51. The SMILES string of the molecule is COC(=O)[C@H](Cc1cccc(/C=N\N)c1)NC(=O)c1ccc(-c2cc(F)ccc2C#N)cc1. The molecule has 166 valence electrons. The van der Waals surface area contributed by atoms with E-state index in [1.54, 1.807) is 36.4 Å². The molecule has 3 aromatic rings. The topological polar surface area (TPSA) is 118 Å². The molecule has 0 radical (unpaired) electrons. The van der Waals surface area contributed by atoms with Crippen LogP contribution in [0.3, 0.4) is 0 Å². The molecule has 0 fully saturated rings. The lowest BCUT2D eigenvalue weighted by molar-refractivity contribution is -0.142. The summed E-state index contributed by atoms with van der Waals surface area (Å²) in [5.74, 6) is 3.66. The third-order valence-corrected chi connectivity index (χ3v) is 4.97. The summed E-state index contributed by atoms with van der Waals surface area (Å²) in [6.45, 7) is 0. The van der Waals surface area contributed by atoms with Gasteiger partial charge >= 0.3 is 5.97 Å². The van der Waals surface area contributed by atoms with Gasteiger partial charge in [-0.3, -0.25) is 4.79 Å². The number of amides is 1. The summed E-state index contributed by atoms with van der Waals surface area (Å²) in [6, 6.07) is 18.6. The highest BCUT2D eigenvalue weighted by molar-refractivity contribution is 5.97. The van der Waals surface area contributed by atoms with Gasteiger partial charge in [0.25, 0.3) is 5.91 Å². The Labute approximate surface area is 190 Å². The van der Waals surface area contributed by atoms with Gasteiger partial charge in [0.2, 0.25) is 0 Å². The number of benzene rings is 3. The standard InChI is InChI=1S/C25H21FN4O3/c1-33-25(32)23(12-16-3-2-4-17(11-16)15-29-28)30-24(31)19-7-5-18(6-8-19)22-13-21(26)10-9-20(22)14-27/h2-11,13,15,23H,12,28H2,1H3,(H,30,31)/b29-15-/t23-/m0/s1. The average Bonchev–Trinajstić information content (AvgIpc) is 2.83. The molecule has 0 bridgehead atoms. The van der Waals surface area contributed by atoms with Gasteiger partial charge in [-0.2, -0.15) is 10.4 Å². The molecule has 3 N–H and O–H groups in total. The molecule has 0 aliphatic carbocycles. The van der Waals surface area contributed by atoms with E-state index < -0.39 is 23.7 Å². The van der Waals surface area contributed by atoms with Crippen molar-refractivity contribution >= 4 is 18.1 Å². The minimum Gasteiger partial charge on any atom is -0.467 e. The van der Waals surface area contributed by atoms with Gasteiger partial charge < -0.3 is 15.9 Å². The lowest BCUT2D eigenvalue weighted by atomic mass is 9.98. The smallest absolute Gasteiger partial charge is 0.328 e. The third kappa shape index (κ3) is 5.80. The molecule has 0 aromatic heterocycles. The number of nitrogens with zero attached hydrogens (tertiary/aromatic N) is 2. The van der Waals surface area contributed by atoms with E-state index in [0.29, 0.717) is 22.3 Å². The molecule has 3 rings (SSSR count). The Morgan fingerprint density at radius 3 is 2.61 bits per heavy atom. The molecule has 0 unspecified atom stereocenters. The lowest BCUT2D eigenvalue weighted by Gasteiger charge is -2.17. The fourth-order valence-electron chi connectivity index (χ4n) is 3.35. The monoisotopic (exact) mass is 444 g/mol. The number of hydrogen-bond acceptors (Lipinski definition) is 6. The molecule has 7 nitrogen and oxygen atoms in total. The Morgan fingerprint density at radius 1 is 1.18 bits per heavy atom. The normalized spacial score (nSPS) is 11.5. The first-order valence-electron chi connectivity index (χ1n) is 9.96. The van der Waals surface area contributed by atoms with Crippen LogP contribution in [0.1, 0.15) is 27.0 Å². The Bertz CT molecular complexity index is 1230. The Balaban J connectivity index is 1.79. The summed E-state index contributed by atoms with van der Waals surface area (Å²) in [6.07, 6.45) is 1.69. The van der Waals surface area contributed by atoms with E-state index in [9.17, 15) is 19.2 Å². The number of nitrogens with one attached hydrogen (secondary N) is 1. The zero-order chi connectivity index (χ0) is 23.8. The van der Waals surface area contributed by atoms with Crippen LogP contribution in [0.4, 0.5) is 4.39 Å². The largest absolute Gasteiger partial charge is 0.467 e. The molecule has 0 saturated heterocycles. The summed E-state index contributed by atoms with van der Waals surface area (Å²) < 4.78 is 18.5. The van der Waals surface area contributed by atoms with Crippen molar-refractivity contribution in [1.82, 2.24) is 5.32 Å². The first-order valence-corrected chi connectivity index (χ1v) is 9.96. The number of ether oxygens (including phenoxy) is 1. The summed E-state index contributed by atoms with van der Waals surface area (Å²) in [4.78, 5) is 25.1. The van der Waals surface area contributed by atoms with E-state index >= 15 is 0 Å². The van der Waals surface area contributed by atoms with Gasteiger partial charge in [-0.25, -0.2) is 9.18 Å². The van der Waals surface area contributed by atoms with Crippen LogP contribution in [-0.4, -0.2) is 31.2 Å². The van der Waals surface area contributed by atoms with Crippen molar-refractivity contribution in [2.75, 3.05) is 7.11 Å². The summed E-state index contributed by atoms with van der Waals surface area (Å²) in [7, 11) is 1.25. The summed E-state index contributed by atoms with van der Waals surface area (Å²) in [5, 5.41) is 15.4. The number of hydrazone groups is 1.